The number of carbonyl (C=O) groups excluding carboxylic acids is 1. The summed E-state index contributed by atoms with van der Waals surface area (Å²) in [5, 5.41) is 0. The molecule has 1 amide bonds. The van der Waals surface area contributed by atoms with Crippen molar-refractivity contribution in [2.24, 2.45) is 0 Å². The predicted octanol–water partition coefficient (Wildman–Crippen LogP) is 3.30. The molecule has 0 atom stereocenters. The summed E-state index contributed by atoms with van der Waals surface area (Å²) in [4.78, 5) is 14.8. The third kappa shape index (κ3) is 5.33. The van der Waals surface area contributed by atoms with Crippen LogP contribution in [-0.4, -0.2) is 52.6 Å². The first kappa shape index (κ1) is 21.7. The van der Waals surface area contributed by atoms with Crippen molar-refractivity contribution in [3.63, 3.8) is 0 Å². The quantitative estimate of drug-likeness (QED) is 0.619. The van der Waals surface area contributed by atoms with Crippen LogP contribution in [0.2, 0.25) is 0 Å². The van der Waals surface area contributed by atoms with Gasteiger partial charge in [0.2, 0.25) is 10.0 Å². The second-order valence-electron chi connectivity index (χ2n) is 6.63. The van der Waals surface area contributed by atoms with Crippen LogP contribution >= 0.6 is 15.9 Å². The first-order valence-electron chi connectivity index (χ1n) is 9.24. The zero-order valence-corrected chi connectivity index (χ0v) is 18.5. The standard InChI is InChI=1S/C21H23BrN2O4S/c1-28-14-11-23-29(26,27)18-7-8-20(22)19(15-18)21(25)24-12-9-17(10-13-24)16-5-3-2-4-6-16/h2-9,15,23H,10-14H2,1H3. The van der Waals surface area contributed by atoms with Crippen LogP contribution in [0.25, 0.3) is 5.57 Å². The Morgan fingerprint density at radius 2 is 1.97 bits per heavy atom. The molecule has 2 aromatic rings. The Labute approximate surface area is 179 Å². The number of amides is 1. The number of hydrogen-bond donors (Lipinski definition) is 1. The van der Waals surface area contributed by atoms with Crippen molar-refractivity contribution in [1.82, 2.24) is 9.62 Å². The van der Waals surface area contributed by atoms with E-state index in [4.69, 9.17) is 4.74 Å². The van der Waals surface area contributed by atoms with E-state index < -0.39 is 10.0 Å². The fourth-order valence-corrected chi connectivity index (χ4v) is 4.59. The number of hydrogen-bond acceptors (Lipinski definition) is 4. The summed E-state index contributed by atoms with van der Waals surface area (Å²) in [6.07, 6.45) is 2.81. The molecule has 1 N–H and O–H groups in total. The number of methoxy groups -OCH3 is 1. The van der Waals surface area contributed by atoms with Gasteiger partial charge in [0.25, 0.3) is 5.91 Å². The molecule has 154 valence electrons. The number of halogens is 1. The van der Waals surface area contributed by atoms with Crippen LogP contribution in [-0.2, 0) is 14.8 Å². The lowest BCUT2D eigenvalue weighted by Crippen LogP contribution is -2.35. The van der Waals surface area contributed by atoms with Gasteiger partial charge in [0.15, 0.2) is 0 Å². The Kier molecular flexibility index (Phi) is 7.23. The average molecular weight is 479 g/mol. The van der Waals surface area contributed by atoms with Gasteiger partial charge in [-0.05, 0) is 51.7 Å². The normalized spacial score (nSPS) is 14.6. The highest BCUT2D eigenvalue weighted by Gasteiger charge is 2.23. The number of benzene rings is 2. The van der Waals surface area contributed by atoms with Gasteiger partial charge in [0.1, 0.15) is 0 Å². The molecule has 0 spiro atoms. The SMILES string of the molecule is COCCNS(=O)(=O)c1ccc(Br)c(C(=O)N2CC=C(c3ccccc3)CC2)c1. The lowest BCUT2D eigenvalue weighted by atomic mass is 9.99. The molecule has 1 aliphatic heterocycles. The summed E-state index contributed by atoms with van der Waals surface area (Å²) in [5.41, 5.74) is 2.71. The van der Waals surface area contributed by atoms with Crippen LogP contribution in [0.15, 0.2) is 64.0 Å². The number of sulfonamides is 1. The fraction of sp³-hybridized carbons (Fsp3) is 0.286. The van der Waals surface area contributed by atoms with Gasteiger partial charge in [0, 0.05) is 31.2 Å². The minimum absolute atomic E-state index is 0.0534. The molecule has 0 unspecified atom stereocenters. The number of nitrogens with zero attached hydrogens (tertiary/aromatic N) is 1. The lowest BCUT2D eigenvalue weighted by Gasteiger charge is -2.27. The maximum atomic E-state index is 13.0. The Morgan fingerprint density at radius 1 is 1.21 bits per heavy atom. The molecule has 2 aromatic carbocycles. The van der Waals surface area contributed by atoms with Crippen molar-refractivity contribution < 1.29 is 17.9 Å². The molecule has 1 heterocycles. The van der Waals surface area contributed by atoms with E-state index >= 15 is 0 Å². The Hall–Kier alpha value is -2.00. The van der Waals surface area contributed by atoms with Crippen molar-refractivity contribution in [2.45, 2.75) is 11.3 Å². The van der Waals surface area contributed by atoms with E-state index in [0.717, 1.165) is 12.0 Å². The highest BCUT2D eigenvalue weighted by atomic mass is 79.9. The molecule has 3 rings (SSSR count). The maximum Gasteiger partial charge on any atom is 0.255 e. The van der Waals surface area contributed by atoms with Crippen LogP contribution in [0.1, 0.15) is 22.3 Å². The molecule has 0 radical (unpaired) electrons. The molecule has 0 fully saturated rings. The highest BCUT2D eigenvalue weighted by Crippen LogP contribution is 2.26. The van der Waals surface area contributed by atoms with Crippen molar-refractivity contribution >= 4 is 37.4 Å². The summed E-state index contributed by atoms with van der Waals surface area (Å²) in [6, 6.07) is 14.6. The monoisotopic (exact) mass is 478 g/mol. The second-order valence-corrected chi connectivity index (χ2v) is 9.25. The molecule has 1 aliphatic rings. The number of nitrogens with one attached hydrogen (secondary N) is 1. The topological polar surface area (TPSA) is 75.7 Å². The highest BCUT2D eigenvalue weighted by molar-refractivity contribution is 9.10. The van der Waals surface area contributed by atoms with Crippen molar-refractivity contribution in [3.8, 4) is 0 Å². The zero-order chi connectivity index (χ0) is 20.9. The van der Waals surface area contributed by atoms with Gasteiger partial charge < -0.3 is 9.64 Å². The Bertz CT molecular complexity index is 1010. The number of ether oxygens (including phenoxy) is 1. The minimum Gasteiger partial charge on any atom is -0.383 e. The van der Waals surface area contributed by atoms with E-state index in [2.05, 4.69) is 38.9 Å². The molecule has 0 saturated carbocycles. The second kappa shape index (κ2) is 9.67. The first-order valence-corrected chi connectivity index (χ1v) is 11.5. The molecular formula is C21H23BrN2O4S. The molecule has 0 bridgehead atoms. The largest absolute Gasteiger partial charge is 0.383 e. The summed E-state index contributed by atoms with van der Waals surface area (Å²) < 4.78 is 32.8. The molecule has 0 aromatic heterocycles. The third-order valence-corrected chi connectivity index (χ3v) is 6.87. The molecule has 29 heavy (non-hydrogen) atoms. The van der Waals surface area contributed by atoms with Gasteiger partial charge in [0.05, 0.1) is 17.1 Å². The van der Waals surface area contributed by atoms with E-state index in [1.54, 1.807) is 11.0 Å². The van der Waals surface area contributed by atoms with Crippen LogP contribution in [0, 0.1) is 0 Å². The van der Waals surface area contributed by atoms with Crippen LogP contribution in [0.3, 0.4) is 0 Å². The zero-order valence-electron chi connectivity index (χ0n) is 16.1. The lowest BCUT2D eigenvalue weighted by molar-refractivity contribution is 0.0771. The molecule has 0 saturated heterocycles. The van der Waals surface area contributed by atoms with E-state index in [-0.39, 0.29) is 24.0 Å². The van der Waals surface area contributed by atoms with Crippen molar-refractivity contribution in [3.05, 3.63) is 70.2 Å². The minimum atomic E-state index is -3.71. The van der Waals surface area contributed by atoms with E-state index in [1.165, 1.54) is 24.8 Å². The molecular weight excluding hydrogens is 456 g/mol. The van der Waals surface area contributed by atoms with Gasteiger partial charge in [-0.15, -0.1) is 0 Å². The van der Waals surface area contributed by atoms with E-state index in [9.17, 15) is 13.2 Å². The van der Waals surface area contributed by atoms with Gasteiger partial charge in [-0.2, -0.15) is 0 Å². The first-order chi connectivity index (χ1) is 13.9. The predicted molar refractivity (Wildman–Crippen MR) is 116 cm³/mol. The third-order valence-electron chi connectivity index (χ3n) is 4.72. The summed E-state index contributed by atoms with van der Waals surface area (Å²) in [5.74, 6) is -0.200. The Morgan fingerprint density at radius 3 is 2.62 bits per heavy atom. The average Bonchev–Trinajstić information content (AvgIpc) is 2.74. The smallest absolute Gasteiger partial charge is 0.255 e. The van der Waals surface area contributed by atoms with Crippen molar-refractivity contribution in [1.29, 1.82) is 0 Å². The van der Waals surface area contributed by atoms with Crippen molar-refractivity contribution in [2.75, 3.05) is 33.4 Å². The van der Waals surface area contributed by atoms with Crippen LogP contribution in [0.4, 0.5) is 0 Å². The van der Waals surface area contributed by atoms with E-state index in [1.807, 2.05) is 18.2 Å². The summed E-state index contributed by atoms with van der Waals surface area (Å²) >= 11 is 3.38. The number of carbonyl (C=O) groups is 1. The number of rotatable bonds is 7. The van der Waals surface area contributed by atoms with Crippen LogP contribution in [0.5, 0.6) is 0 Å². The fourth-order valence-electron chi connectivity index (χ4n) is 3.14. The Balaban J connectivity index is 1.77. The molecule has 0 aliphatic carbocycles. The van der Waals surface area contributed by atoms with Gasteiger partial charge >= 0.3 is 0 Å². The maximum absolute atomic E-state index is 13.0. The van der Waals surface area contributed by atoms with Gasteiger partial charge in [-0.25, -0.2) is 13.1 Å². The van der Waals surface area contributed by atoms with Gasteiger partial charge in [-0.1, -0.05) is 36.4 Å². The van der Waals surface area contributed by atoms with Gasteiger partial charge in [-0.3, -0.25) is 4.79 Å². The molecule has 8 heteroatoms. The summed E-state index contributed by atoms with van der Waals surface area (Å²) in [6.45, 7) is 1.50. The van der Waals surface area contributed by atoms with E-state index in [0.29, 0.717) is 23.1 Å². The van der Waals surface area contributed by atoms with Crippen LogP contribution < -0.4 is 4.72 Å². The molecule has 6 nitrogen and oxygen atoms in total. The summed E-state index contributed by atoms with van der Waals surface area (Å²) in [7, 11) is -2.21.